The number of nitrogens with one attached hydrogen (secondary N) is 1. The Morgan fingerprint density at radius 1 is 1.00 bits per heavy atom. The van der Waals surface area contributed by atoms with E-state index in [0.29, 0.717) is 4.90 Å². The van der Waals surface area contributed by atoms with Gasteiger partial charge < -0.3 is 0 Å². The Hall–Kier alpha value is -0.870. The molecule has 0 amide bonds. The van der Waals surface area contributed by atoms with E-state index in [9.17, 15) is 8.42 Å². The van der Waals surface area contributed by atoms with Crippen molar-refractivity contribution in [3.8, 4) is 0 Å². The number of benzene rings is 1. The van der Waals surface area contributed by atoms with Gasteiger partial charge in [0, 0.05) is 6.04 Å². The predicted molar refractivity (Wildman–Crippen MR) is 101 cm³/mol. The molecule has 1 unspecified atom stereocenters. The molecule has 0 heterocycles. The van der Waals surface area contributed by atoms with Crippen LogP contribution in [-0.2, 0) is 16.4 Å². The average Bonchev–Trinajstić information content (AvgIpc) is 2.58. The summed E-state index contributed by atoms with van der Waals surface area (Å²) in [5.41, 5.74) is 1.38. The summed E-state index contributed by atoms with van der Waals surface area (Å²) in [7, 11) is -3.44. The predicted octanol–water partition coefficient (Wildman–Crippen LogP) is 4.52. The third kappa shape index (κ3) is 3.16. The van der Waals surface area contributed by atoms with Crippen LogP contribution < -0.4 is 4.72 Å². The minimum atomic E-state index is -3.44. The van der Waals surface area contributed by atoms with Crippen LogP contribution in [0.3, 0.4) is 0 Å². The van der Waals surface area contributed by atoms with E-state index in [2.05, 4.69) is 18.6 Å². The fraction of sp³-hybridized carbons (Fsp3) is 0.714. The molecular weight excluding hydrogens is 330 g/mol. The van der Waals surface area contributed by atoms with Crippen molar-refractivity contribution >= 4 is 10.0 Å². The van der Waals surface area contributed by atoms with E-state index in [1.807, 2.05) is 12.1 Å². The highest BCUT2D eigenvalue weighted by Crippen LogP contribution is 2.61. The first-order chi connectivity index (χ1) is 11.9. The summed E-state index contributed by atoms with van der Waals surface area (Å²) in [5.74, 6) is 2.52. The van der Waals surface area contributed by atoms with E-state index in [0.717, 1.165) is 30.6 Å². The normalized spacial score (nSPS) is 35.0. The lowest BCUT2D eigenvalue weighted by Crippen LogP contribution is -2.56. The van der Waals surface area contributed by atoms with Crippen LogP contribution in [0.5, 0.6) is 0 Å². The van der Waals surface area contributed by atoms with Crippen molar-refractivity contribution in [3.63, 3.8) is 0 Å². The highest BCUT2D eigenvalue weighted by Gasteiger charge is 2.54. The van der Waals surface area contributed by atoms with Gasteiger partial charge in [-0.15, -0.1) is 0 Å². The van der Waals surface area contributed by atoms with Gasteiger partial charge in [-0.2, -0.15) is 0 Å². The second-order valence-electron chi connectivity index (χ2n) is 8.86. The van der Waals surface area contributed by atoms with E-state index in [1.54, 1.807) is 12.1 Å². The zero-order valence-corrected chi connectivity index (χ0v) is 16.3. The molecule has 4 fully saturated rings. The molecule has 4 aliphatic rings. The first-order valence-electron chi connectivity index (χ1n) is 10.1. The molecule has 1 atom stereocenters. The van der Waals surface area contributed by atoms with E-state index >= 15 is 0 Å². The number of hydrogen-bond donors (Lipinski definition) is 1. The number of rotatable bonds is 6. The van der Waals surface area contributed by atoms with Crippen LogP contribution in [0.1, 0.15) is 64.4 Å². The van der Waals surface area contributed by atoms with Gasteiger partial charge in [0.05, 0.1) is 4.90 Å². The minimum absolute atomic E-state index is 0.0803. The van der Waals surface area contributed by atoms with E-state index < -0.39 is 10.0 Å². The second kappa shape index (κ2) is 6.38. The fourth-order valence-electron chi connectivity index (χ4n) is 6.41. The summed E-state index contributed by atoms with van der Waals surface area (Å²) >= 11 is 0. The van der Waals surface area contributed by atoms with Gasteiger partial charge >= 0.3 is 0 Å². The Bertz CT molecular complexity index is 687. The minimum Gasteiger partial charge on any atom is -0.208 e. The lowest BCUT2D eigenvalue weighted by atomic mass is 9.47. The molecule has 4 aliphatic carbocycles. The summed E-state index contributed by atoms with van der Waals surface area (Å²) in [6.45, 7) is 4.23. The molecule has 3 nitrogen and oxygen atoms in total. The van der Waals surface area contributed by atoms with Gasteiger partial charge in [0.2, 0.25) is 10.0 Å². The molecule has 0 radical (unpaired) electrons. The highest BCUT2D eigenvalue weighted by atomic mass is 32.2. The molecule has 4 saturated carbocycles. The molecule has 1 N–H and O–H groups in total. The first-order valence-corrected chi connectivity index (χ1v) is 11.5. The quantitative estimate of drug-likeness (QED) is 0.809. The third-order valence-corrected chi connectivity index (χ3v) is 8.66. The molecule has 4 bridgehead atoms. The van der Waals surface area contributed by atoms with E-state index in [1.165, 1.54) is 44.1 Å². The van der Waals surface area contributed by atoms with Gasteiger partial charge in [-0.05, 0) is 92.2 Å². The van der Waals surface area contributed by atoms with Crippen LogP contribution in [0, 0.1) is 23.2 Å². The Morgan fingerprint density at radius 3 is 1.96 bits per heavy atom. The molecule has 0 aromatic heterocycles. The number of hydrogen-bond acceptors (Lipinski definition) is 2. The van der Waals surface area contributed by atoms with Crippen LogP contribution in [0.4, 0.5) is 0 Å². The van der Waals surface area contributed by atoms with Gasteiger partial charge in [-0.3, -0.25) is 0 Å². The summed E-state index contributed by atoms with van der Waals surface area (Å²) in [6, 6.07) is 7.46. The molecule has 0 saturated heterocycles. The van der Waals surface area contributed by atoms with Crippen LogP contribution in [0.15, 0.2) is 29.2 Å². The molecule has 0 spiro atoms. The van der Waals surface area contributed by atoms with Gasteiger partial charge in [0.1, 0.15) is 0 Å². The maximum atomic E-state index is 13.0. The van der Waals surface area contributed by atoms with E-state index in [4.69, 9.17) is 0 Å². The van der Waals surface area contributed by atoms with Gasteiger partial charge in [0.25, 0.3) is 0 Å². The monoisotopic (exact) mass is 361 g/mol. The largest absolute Gasteiger partial charge is 0.240 e. The SMILES string of the molecule is CCc1ccc(S(=O)(=O)NC(CC)C23CC4CC(CC(C4)C2)C3)cc1. The van der Waals surface area contributed by atoms with Crippen molar-refractivity contribution in [1.29, 1.82) is 0 Å². The Kier molecular flexibility index (Phi) is 4.48. The Labute approximate surface area is 152 Å². The molecular formula is C21H31NO2S. The van der Waals surface area contributed by atoms with Gasteiger partial charge in [0.15, 0.2) is 0 Å². The maximum absolute atomic E-state index is 13.0. The van der Waals surface area contributed by atoms with Gasteiger partial charge in [-0.1, -0.05) is 26.0 Å². The second-order valence-corrected chi connectivity index (χ2v) is 10.6. The Balaban J connectivity index is 1.57. The highest BCUT2D eigenvalue weighted by molar-refractivity contribution is 7.89. The summed E-state index contributed by atoms with van der Waals surface area (Å²) in [5, 5.41) is 0. The van der Waals surface area contributed by atoms with Crippen molar-refractivity contribution in [2.24, 2.45) is 23.2 Å². The average molecular weight is 362 g/mol. The molecule has 4 heteroatoms. The molecule has 0 aliphatic heterocycles. The first kappa shape index (κ1) is 17.5. The van der Waals surface area contributed by atoms with Crippen molar-refractivity contribution in [2.45, 2.75) is 76.2 Å². The van der Waals surface area contributed by atoms with Crippen LogP contribution in [-0.4, -0.2) is 14.5 Å². The maximum Gasteiger partial charge on any atom is 0.240 e. The van der Waals surface area contributed by atoms with Crippen molar-refractivity contribution in [3.05, 3.63) is 29.8 Å². The zero-order chi connectivity index (χ0) is 17.7. The van der Waals surface area contributed by atoms with Crippen LogP contribution in [0.2, 0.25) is 0 Å². The summed E-state index contributed by atoms with van der Waals surface area (Å²) in [6.07, 6.45) is 9.68. The number of aryl methyl sites for hydroxylation is 1. The molecule has 25 heavy (non-hydrogen) atoms. The standard InChI is InChI=1S/C21H31NO2S/c1-3-15-5-7-19(8-6-15)25(23,24)22-20(4-2)21-12-16-9-17(13-21)11-18(10-16)14-21/h5-8,16-18,20,22H,3-4,9-14H2,1-2H3. The summed E-state index contributed by atoms with van der Waals surface area (Å²) < 4.78 is 29.1. The van der Waals surface area contributed by atoms with Crippen molar-refractivity contribution < 1.29 is 8.42 Å². The van der Waals surface area contributed by atoms with Crippen LogP contribution in [0.25, 0.3) is 0 Å². The fourth-order valence-corrected chi connectivity index (χ4v) is 7.83. The summed E-state index contributed by atoms with van der Waals surface area (Å²) in [4.78, 5) is 0.410. The Morgan fingerprint density at radius 2 is 1.52 bits per heavy atom. The smallest absolute Gasteiger partial charge is 0.208 e. The van der Waals surface area contributed by atoms with Crippen LogP contribution >= 0.6 is 0 Å². The molecule has 1 aromatic rings. The third-order valence-electron chi connectivity index (χ3n) is 7.17. The zero-order valence-electron chi connectivity index (χ0n) is 15.5. The molecule has 5 rings (SSSR count). The lowest BCUT2D eigenvalue weighted by molar-refractivity contribution is -0.0704. The topological polar surface area (TPSA) is 46.2 Å². The van der Waals surface area contributed by atoms with Crippen molar-refractivity contribution in [2.75, 3.05) is 0 Å². The van der Waals surface area contributed by atoms with Crippen molar-refractivity contribution in [1.82, 2.24) is 4.72 Å². The van der Waals surface area contributed by atoms with Gasteiger partial charge in [-0.25, -0.2) is 13.1 Å². The molecule has 138 valence electrons. The molecule has 1 aromatic carbocycles. The van der Waals surface area contributed by atoms with E-state index in [-0.39, 0.29) is 11.5 Å². The lowest BCUT2D eigenvalue weighted by Gasteiger charge is -2.59. The number of sulfonamides is 1.